The fraction of sp³-hybridized carbons (Fsp3) is 0.348. The van der Waals surface area contributed by atoms with E-state index in [-0.39, 0.29) is 0 Å². The van der Waals surface area contributed by atoms with Crippen molar-refractivity contribution in [2.45, 2.75) is 33.3 Å². The van der Waals surface area contributed by atoms with E-state index in [1.807, 2.05) is 12.1 Å². The van der Waals surface area contributed by atoms with Crippen molar-refractivity contribution in [2.75, 3.05) is 18.0 Å². The number of fused-ring (bicyclic) bond motifs is 1. The van der Waals surface area contributed by atoms with Gasteiger partial charge in [0.05, 0.1) is 0 Å². The molecular formula is C23H26N2O. The topological polar surface area (TPSA) is 25.4 Å². The molecule has 134 valence electrons. The van der Waals surface area contributed by atoms with Crippen molar-refractivity contribution in [3.8, 4) is 5.75 Å². The molecule has 3 nitrogen and oxygen atoms in total. The fourth-order valence-electron chi connectivity index (χ4n) is 3.73. The number of ether oxygens (including phenoxy) is 1. The minimum absolute atomic E-state index is 0.568. The molecule has 1 aliphatic heterocycles. The summed E-state index contributed by atoms with van der Waals surface area (Å²) in [5.41, 5.74) is 3.42. The lowest BCUT2D eigenvalue weighted by Gasteiger charge is -2.32. The molecule has 2 heterocycles. The van der Waals surface area contributed by atoms with Crippen molar-refractivity contribution in [3.63, 3.8) is 0 Å². The largest absolute Gasteiger partial charge is 0.487 e. The quantitative estimate of drug-likeness (QED) is 0.636. The van der Waals surface area contributed by atoms with Crippen LogP contribution in [-0.2, 0) is 6.61 Å². The second kappa shape index (κ2) is 7.36. The van der Waals surface area contributed by atoms with Crippen molar-refractivity contribution in [1.82, 2.24) is 4.98 Å². The molecule has 1 fully saturated rings. The molecular weight excluding hydrogens is 320 g/mol. The molecule has 0 radical (unpaired) electrons. The van der Waals surface area contributed by atoms with Crippen LogP contribution in [0.5, 0.6) is 5.75 Å². The summed E-state index contributed by atoms with van der Waals surface area (Å²) in [6.07, 6.45) is 2.56. The molecule has 1 saturated heterocycles. The Bertz CT molecular complexity index is 906. The van der Waals surface area contributed by atoms with Crippen molar-refractivity contribution >= 4 is 16.7 Å². The predicted octanol–water partition coefficient (Wildman–Crippen LogP) is 5.36. The summed E-state index contributed by atoms with van der Waals surface area (Å²) in [6.45, 7) is 7.19. The molecule has 0 spiro atoms. The molecule has 0 saturated carbocycles. The standard InChI is InChI=1S/C23H26N2O/c1-17-7-6-14-25(15-17)22-13-12-19-10-5-11-21(23(19)24-22)26-16-20-9-4-3-8-18(20)2/h3-5,8-13,17H,6-7,14-16H2,1-2H3/t17-/m1/s1. The van der Waals surface area contributed by atoms with Gasteiger partial charge in [-0.25, -0.2) is 4.98 Å². The highest BCUT2D eigenvalue weighted by molar-refractivity contribution is 5.86. The van der Waals surface area contributed by atoms with Gasteiger partial charge < -0.3 is 9.64 Å². The van der Waals surface area contributed by atoms with Crippen LogP contribution in [0.4, 0.5) is 5.82 Å². The van der Waals surface area contributed by atoms with Gasteiger partial charge in [-0.15, -0.1) is 0 Å². The van der Waals surface area contributed by atoms with Gasteiger partial charge >= 0.3 is 0 Å². The van der Waals surface area contributed by atoms with Gasteiger partial charge in [-0.05, 0) is 55.0 Å². The predicted molar refractivity (Wildman–Crippen MR) is 108 cm³/mol. The number of para-hydroxylation sites is 1. The number of aryl methyl sites for hydroxylation is 1. The first kappa shape index (κ1) is 16.9. The first-order valence-corrected chi connectivity index (χ1v) is 9.53. The van der Waals surface area contributed by atoms with Crippen LogP contribution in [0.15, 0.2) is 54.6 Å². The second-order valence-corrected chi connectivity index (χ2v) is 7.41. The lowest BCUT2D eigenvalue weighted by Crippen LogP contribution is -2.34. The van der Waals surface area contributed by atoms with Crippen LogP contribution in [-0.4, -0.2) is 18.1 Å². The van der Waals surface area contributed by atoms with Gasteiger partial charge in [-0.1, -0.05) is 43.3 Å². The summed E-state index contributed by atoms with van der Waals surface area (Å²) >= 11 is 0. The van der Waals surface area contributed by atoms with Crippen molar-refractivity contribution < 1.29 is 4.74 Å². The van der Waals surface area contributed by atoms with E-state index in [9.17, 15) is 0 Å². The number of benzene rings is 2. The first-order chi connectivity index (χ1) is 12.7. The monoisotopic (exact) mass is 346 g/mol. The summed E-state index contributed by atoms with van der Waals surface area (Å²) in [5.74, 6) is 2.66. The second-order valence-electron chi connectivity index (χ2n) is 7.41. The molecule has 0 bridgehead atoms. The molecule has 1 atom stereocenters. The average molecular weight is 346 g/mol. The van der Waals surface area contributed by atoms with Gasteiger partial charge in [0.25, 0.3) is 0 Å². The molecule has 1 aliphatic rings. The number of anilines is 1. The smallest absolute Gasteiger partial charge is 0.146 e. The average Bonchev–Trinajstić information content (AvgIpc) is 2.67. The highest BCUT2D eigenvalue weighted by Gasteiger charge is 2.18. The third-order valence-corrected chi connectivity index (χ3v) is 5.29. The zero-order chi connectivity index (χ0) is 17.9. The van der Waals surface area contributed by atoms with Crippen molar-refractivity contribution in [3.05, 3.63) is 65.7 Å². The van der Waals surface area contributed by atoms with Crippen LogP contribution in [0.25, 0.3) is 10.9 Å². The zero-order valence-corrected chi connectivity index (χ0v) is 15.6. The van der Waals surface area contributed by atoms with Gasteiger partial charge in [0, 0.05) is 18.5 Å². The van der Waals surface area contributed by atoms with Crippen molar-refractivity contribution in [1.29, 1.82) is 0 Å². The van der Waals surface area contributed by atoms with Crippen LogP contribution in [0, 0.1) is 12.8 Å². The number of nitrogens with zero attached hydrogens (tertiary/aromatic N) is 2. The van der Waals surface area contributed by atoms with E-state index in [4.69, 9.17) is 9.72 Å². The summed E-state index contributed by atoms with van der Waals surface area (Å²) in [7, 11) is 0. The van der Waals surface area contributed by atoms with E-state index in [0.717, 1.165) is 41.5 Å². The number of aromatic nitrogens is 1. The van der Waals surface area contributed by atoms with Crippen LogP contribution in [0.1, 0.15) is 30.9 Å². The highest BCUT2D eigenvalue weighted by Crippen LogP contribution is 2.29. The Labute approximate surface area is 155 Å². The Morgan fingerprint density at radius 3 is 2.81 bits per heavy atom. The Hall–Kier alpha value is -2.55. The molecule has 4 rings (SSSR count). The molecule has 3 aromatic rings. The fourth-order valence-corrected chi connectivity index (χ4v) is 3.73. The zero-order valence-electron chi connectivity index (χ0n) is 15.6. The molecule has 0 N–H and O–H groups in total. The number of rotatable bonds is 4. The Morgan fingerprint density at radius 2 is 1.96 bits per heavy atom. The van der Waals surface area contributed by atoms with Gasteiger partial charge in [0.15, 0.2) is 0 Å². The third kappa shape index (κ3) is 3.52. The van der Waals surface area contributed by atoms with E-state index < -0.39 is 0 Å². The first-order valence-electron chi connectivity index (χ1n) is 9.53. The van der Waals surface area contributed by atoms with Gasteiger partial charge in [0.2, 0.25) is 0 Å². The minimum Gasteiger partial charge on any atom is -0.487 e. The lowest BCUT2D eigenvalue weighted by molar-refractivity contribution is 0.308. The number of hydrogen-bond donors (Lipinski definition) is 0. The SMILES string of the molecule is Cc1ccccc1COc1cccc2ccc(N3CCC[C@@H](C)C3)nc12. The summed E-state index contributed by atoms with van der Waals surface area (Å²) < 4.78 is 6.17. The Morgan fingerprint density at radius 1 is 1.08 bits per heavy atom. The number of hydrogen-bond acceptors (Lipinski definition) is 3. The number of piperidine rings is 1. The summed E-state index contributed by atoms with van der Waals surface area (Å²) in [5, 5.41) is 1.13. The van der Waals surface area contributed by atoms with E-state index in [0.29, 0.717) is 6.61 Å². The molecule has 1 aromatic heterocycles. The molecule has 0 aliphatic carbocycles. The maximum absolute atomic E-state index is 6.17. The van der Waals surface area contributed by atoms with E-state index >= 15 is 0 Å². The highest BCUT2D eigenvalue weighted by atomic mass is 16.5. The third-order valence-electron chi connectivity index (χ3n) is 5.29. The molecule has 2 aromatic carbocycles. The van der Waals surface area contributed by atoms with E-state index in [1.54, 1.807) is 0 Å². The molecule has 0 amide bonds. The number of pyridine rings is 1. The van der Waals surface area contributed by atoms with E-state index in [1.165, 1.54) is 24.0 Å². The van der Waals surface area contributed by atoms with Crippen LogP contribution < -0.4 is 9.64 Å². The molecule has 26 heavy (non-hydrogen) atoms. The summed E-state index contributed by atoms with van der Waals surface area (Å²) in [4.78, 5) is 7.38. The van der Waals surface area contributed by atoms with Crippen LogP contribution in [0.3, 0.4) is 0 Å². The Balaban J connectivity index is 1.62. The van der Waals surface area contributed by atoms with Crippen molar-refractivity contribution in [2.24, 2.45) is 5.92 Å². The van der Waals surface area contributed by atoms with E-state index in [2.05, 4.69) is 61.2 Å². The van der Waals surface area contributed by atoms with Gasteiger partial charge in [-0.3, -0.25) is 0 Å². The maximum Gasteiger partial charge on any atom is 0.146 e. The normalized spacial score (nSPS) is 17.5. The minimum atomic E-state index is 0.568. The van der Waals surface area contributed by atoms with Gasteiger partial charge in [0.1, 0.15) is 23.7 Å². The Kier molecular flexibility index (Phi) is 4.79. The maximum atomic E-state index is 6.17. The van der Waals surface area contributed by atoms with Crippen LogP contribution >= 0.6 is 0 Å². The molecule has 3 heteroatoms. The van der Waals surface area contributed by atoms with Gasteiger partial charge in [-0.2, -0.15) is 0 Å². The summed E-state index contributed by atoms with van der Waals surface area (Å²) in [6, 6.07) is 18.8. The molecule has 0 unspecified atom stereocenters. The lowest BCUT2D eigenvalue weighted by atomic mass is 10.0. The van der Waals surface area contributed by atoms with Crippen LogP contribution in [0.2, 0.25) is 0 Å².